The smallest absolute Gasteiger partial charge is 0.272 e. The van der Waals surface area contributed by atoms with Gasteiger partial charge in [0.05, 0.1) is 32.3 Å². The summed E-state index contributed by atoms with van der Waals surface area (Å²) in [6, 6.07) is 28.1. The number of para-hydroxylation sites is 1. The molecule has 0 bridgehead atoms. The molecule has 0 saturated heterocycles. The van der Waals surface area contributed by atoms with Gasteiger partial charge in [-0.05, 0) is 67.6 Å². The molecule has 4 aromatic carbocycles. The van der Waals surface area contributed by atoms with E-state index in [2.05, 4.69) is 16.0 Å². The van der Waals surface area contributed by atoms with Gasteiger partial charge in [-0.1, -0.05) is 36.4 Å². The number of amides is 3. The number of benzene rings is 4. The Morgan fingerprint density at radius 3 is 2.11 bits per heavy atom. The first kappa shape index (κ1) is 31.7. The van der Waals surface area contributed by atoms with Crippen LogP contribution >= 0.6 is 11.8 Å². The maximum atomic E-state index is 13.4. The van der Waals surface area contributed by atoms with E-state index in [0.29, 0.717) is 39.8 Å². The number of thioether (sulfide) groups is 1. The average Bonchev–Trinajstić information content (AvgIpc) is 3.05. The molecule has 1 unspecified atom stereocenters. The molecular weight excluding hydrogens is 578 g/mol. The molecule has 10 heteroatoms. The van der Waals surface area contributed by atoms with Crippen LogP contribution in [-0.4, -0.2) is 44.3 Å². The lowest BCUT2D eigenvalue weighted by Crippen LogP contribution is -2.30. The summed E-state index contributed by atoms with van der Waals surface area (Å²) in [6.07, 6.45) is 1.57. The van der Waals surface area contributed by atoms with Crippen LogP contribution in [0, 0.1) is 0 Å². The Morgan fingerprint density at radius 1 is 0.750 bits per heavy atom. The van der Waals surface area contributed by atoms with Gasteiger partial charge in [-0.2, -0.15) is 0 Å². The quantitative estimate of drug-likeness (QED) is 0.128. The van der Waals surface area contributed by atoms with Gasteiger partial charge in [0.25, 0.3) is 11.8 Å². The van der Waals surface area contributed by atoms with Gasteiger partial charge < -0.3 is 30.2 Å². The Balaban J connectivity index is 1.45. The molecule has 0 heterocycles. The van der Waals surface area contributed by atoms with Crippen molar-refractivity contribution in [3.63, 3.8) is 0 Å². The van der Waals surface area contributed by atoms with Gasteiger partial charge in [-0.15, -0.1) is 11.8 Å². The fourth-order valence-electron chi connectivity index (χ4n) is 4.10. The summed E-state index contributed by atoms with van der Waals surface area (Å²) in [6.45, 7) is 1.80. The molecule has 9 nitrogen and oxygen atoms in total. The van der Waals surface area contributed by atoms with Gasteiger partial charge >= 0.3 is 0 Å². The van der Waals surface area contributed by atoms with E-state index in [1.54, 1.807) is 86.8 Å². The van der Waals surface area contributed by atoms with Crippen LogP contribution < -0.4 is 30.2 Å². The second-order valence-electron chi connectivity index (χ2n) is 9.41. The maximum absolute atomic E-state index is 13.4. The summed E-state index contributed by atoms with van der Waals surface area (Å²) in [5, 5.41) is 8.02. The number of nitrogens with one attached hydrogen (secondary N) is 3. The summed E-state index contributed by atoms with van der Waals surface area (Å²) < 4.78 is 16.0. The van der Waals surface area contributed by atoms with Crippen LogP contribution in [0.1, 0.15) is 22.8 Å². The van der Waals surface area contributed by atoms with Crippen LogP contribution in [0.25, 0.3) is 6.08 Å². The molecule has 0 spiro atoms. The topological polar surface area (TPSA) is 115 Å². The molecule has 3 N–H and O–H groups in total. The molecule has 1 atom stereocenters. The number of methoxy groups -OCH3 is 3. The highest BCUT2D eigenvalue weighted by Crippen LogP contribution is 2.31. The number of ether oxygens (including phenoxy) is 3. The highest BCUT2D eigenvalue weighted by atomic mass is 32.2. The third-order valence-corrected chi connectivity index (χ3v) is 7.54. The number of carbonyl (C=O) groups excluding carboxylic acids is 3. The van der Waals surface area contributed by atoms with E-state index in [0.717, 1.165) is 4.90 Å². The fourth-order valence-corrected chi connectivity index (χ4v) is 4.97. The molecule has 3 amide bonds. The van der Waals surface area contributed by atoms with Crippen molar-refractivity contribution in [2.24, 2.45) is 0 Å². The first-order valence-electron chi connectivity index (χ1n) is 13.6. The summed E-state index contributed by atoms with van der Waals surface area (Å²) in [4.78, 5) is 40.1. The highest BCUT2D eigenvalue weighted by Gasteiger charge is 2.19. The van der Waals surface area contributed by atoms with E-state index in [1.807, 2.05) is 30.3 Å². The van der Waals surface area contributed by atoms with Gasteiger partial charge in [-0.3, -0.25) is 14.4 Å². The minimum Gasteiger partial charge on any atom is -0.497 e. The average molecular weight is 612 g/mol. The standard InChI is InChI=1S/C34H33N3O6S/c1-22(32(38)36-28-21-26(41-2)16-19-31(28)43-4)44-27-17-14-25(15-18-27)35-34(40)29(20-24-12-8-9-13-30(24)42-3)37-33(39)23-10-6-5-7-11-23/h5-22H,1-4H3,(H,35,40)(H,36,38)(H,37,39)/b29-20-. The fraction of sp³-hybridized carbons (Fsp3) is 0.147. The van der Waals surface area contributed by atoms with E-state index < -0.39 is 17.1 Å². The van der Waals surface area contributed by atoms with Gasteiger partial charge in [0.1, 0.15) is 22.9 Å². The van der Waals surface area contributed by atoms with Crippen LogP contribution in [0.15, 0.2) is 108 Å². The van der Waals surface area contributed by atoms with Crippen molar-refractivity contribution in [3.05, 3.63) is 114 Å². The highest BCUT2D eigenvalue weighted by molar-refractivity contribution is 8.00. The van der Waals surface area contributed by atoms with E-state index in [-0.39, 0.29) is 11.6 Å². The molecule has 0 radical (unpaired) electrons. The second-order valence-corrected chi connectivity index (χ2v) is 10.8. The third-order valence-electron chi connectivity index (χ3n) is 6.43. The maximum Gasteiger partial charge on any atom is 0.272 e. The molecule has 0 aliphatic carbocycles. The molecule has 226 valence electrons. The minimum atomic E-state index is -0.513. The van der Waals surface area contributed by atoms with Crippen molar-refractivity contribution in [2.75, 3.05) is 32.0 Å². The minimum absolute atomic E-state index is 0.0417. The van der Waals surface area contributed by atoms with Crippen LogP contribution in [0.5, 0.6) is 17.2 Å². The first-order chi connectivity index (χ1) is 21.3. The summed E-state index contributed by atoms with van der Waals surface area (Å²) in [5.74, 6) is 0.526. The van der Waals surface area contributed by atoms with Crippen LogP contribution in [0.3, 0.4) is 0 Å². The molecule has 0 aliphatic heterocycles. The van der Waals surface area contributed by atoms with Crippen molar-refractivity contribution in [3.8, 4) is 17.2 Å². The Hall–Kier alpha value is -5.22. The summed E-state index contributed by atoms with van der Waals surface area (Å²) >= 11 is 1.36. The Bertz CT molecular complexity index is 1640. The normalized spacial score (nSPS) is 11.6. The van der Waals surface area contributed by atoms with Gasteiger partial charge in [0, 0.05) is 27.8 Å². The largest absolute Gasteiger partial charge is 0.497 e. The molecule has 0 fully saturated rings. The predicted octanol–water partition coefficient (Wildman–Crippen LogP) is 6.24. The van der Waals surface area contributed by atoms with Crippen molar-refractivity contribution >= 4 is 46.9 Å². The summed E-state index contributed by atoms with van der Waals surface area (Å²) in [7, 11) is 4.62. The Morgan fingerprint density at radius 2 is 1.43 bits per heavy atom. The Labute approximate surface area is 260 Å². The van der Waals surface area contributed by atoms with Crippen LogP contribution in [0.2, 0.25) is 0 Å². The zero-order valence-electron chi connectivity index (χ0n) is 24.8. The molecule has 0 aliphatic rings. The van der Waals surface area contributed by atoms with Gasteiger partial charge in [0.2, 0.25) is 5.91 Å². The predicted molar refractivity (Wildman–Crippen MR) is 173 cm³/mol. The molecule has 0 saturated carbocycles. The van der Waals surface area contributed by atoms with Gasteiger partial charge in [0.15, 0.2) is 0 Å². The SMILES string of the molecule is COc1ccc(OC)c(NC(=O)C(C)Sc2ccc(NC(=O)/C(=C/c3ccccc3OC)NC(=O)c3ccccc3)cc2)c1. The van der Waals surface area contributed by atoms with Crippen molar-refractivity contribution in [2.45, 2.75) is 17.1 Å². The van der Waals surface area contributed by atoms with Crippen molar-refractivity contribution in [1.29, 1.82) is 0 Å². The number of rotatable bonds is 12. The van der Waals surface area contributed by atoms with Crippen LogP contribution in [0.4, 0.5) is 11.4 Å². The van der Waals surface area contributed by atoms with Crippen molar-refractivity contribution < 1.29 is 28.6 Å². The van der Waals surface area contributed by atoms with Gasteiger partial charge in [-0.25, -0.2) is 0 Å². The first-order valence-corrected chi connectivity index (χ1v) is 14.5. The lowest BCUT2D eigenvalue weighted by atomic mass is 10.1. The molecular formula is C34H33N3O6S. The molecule has 4 rings (SSSR count). The van der Waals surface area contributed by atoms with E-state index >= 15 is 0 Å². The number of carbonyl (C=O) groups is 3. The van der Waals surface area contributed by atoms with E-state index in [9.17, 15) is 14.4 Å². The second kappa shape index (κ2) is 15.3. The van der Waals surface area contributed by atoms with E-state index in [1.165, 1.54) is 26.0 Å². The molecule has 0 aromatic heterocycles. The summed E-state index contributed by atoms with van der Waals surface area (Å²) in [5.41, 5.74) is 2.10. The lowest BCUT2D eigenvalue weighted by molar-refractivity contribution is -0.115. The molecule has 4 aromatic rings. The number of hydrogen-bond acceptors (Lipinski definition) is 7. The lowest BCUT2D eigenvalue weighted by Gasteiger charge is -2.15. The number of anilines is 2. The van der Waals surface area contributed by atoms with E-state index in [4.69, 9.17) is 14.2 Å². The zero-order valence-corrected chi connectivity index (χ0v) is 25.6. The Kier molecular flexibility index (Phi) is 11.0. The van der Waals surface area contributed by atoms with Crippen LogP contribution in [-0.2, 0) is 9.59 Å². The third kappa shape index (κ3) is 8.42. The molecule has 44 heavy (non-hydrogen) atoms. The van der Waals surface area contributed by atoms with Crippen molar-refractivity contribution in [1.82, 2.24) is 5.32 Å². The zero-order chi connectivity index (χ0) is 31.5. The number of hydrogen-bond donors (Lipinski definition) is 3. The monoisotopic (exact) mass is 611 g/mol.